The van der Waals surface area contributed by atoms with E-state index in [0.717, 1.165) is 24.5 Å². The van der Waals surface area contributed by atoms with Crippen molar-refractivity contribution < 1.29 is 74.2 Å². The van der Waals surface area contributed by atoms with Crippen molar-refractivity contribution in [3.8, 4) is 17.2 Å². The topological polar surface area (TPSA) is 86.7 Å². The molecule has 1 N–H and O–H groups in total. The quantitative estimate of drug-likeness (QED) is 0.388. The Morgan fingerprint density at radius 2 is 1.77 bits per heavy atom. The summed E-state index contributed by atoms with van der Waals surface area (Å²) in [4.78, 5) is -0.523. The van der Waals surface area contributed by atoms with Crippen molar-refractivity contribution in [2.24, 2.45) is 0 Å². The number of ether oxygens (including phenoxy) is 1. The van der Waals surface area contributed by atoms with E-state index in [0.29, 0.717) is 5.75 Å². The van der Waals surface area contributed by atoms with Gasteiger partial charge in [-0.25, -0.2) is 0 Å². The smallest absolute Gasteiger partial charge is 0.872 e. The van der Waals surface area contributed by atoms with Crippen LogP contribution in [0.5, 0.6) is 17.2 Å². The Labute approximate surface area is 198 Å². The molecular formula is C19H23KO5S. The van der Waals surface area contributed by atoms with Gasteiger partial charge in [0, 0.05) is 0 Å². The fourth-order valence-corrected chi connectivity index (χ4v) is 3.23. The van der Waals surface area contributed by atoms with Crippen LogP contribution in [0.2, 0.25) is 0 Å². The van der Waals surface area contributed by atoms with Gasteiger partial charge in [0.2, 0.25) is 0 Å². The van der Waals surface area contributed by atoms with Crippen LogP contribution in [-0.2, 0) is 16.5 Å². The molecule has 0 spiro atoms. The minimum absolute atomic E-state index is 0. The molecule has 0 heterocycles. The summed E-state index contributed by atoms with van der Waals surface area (Å²) in [5.74, 6) is -0.113. The molecule has 7 heteroatoms. The second-order valence-electron chi connectivity index (χ2n) is 6.00. The summed E-state index contributed by atoms with van der Waals surface area (Å²) in [5.41, 5.74) is 1.10. The Kier molecular flexibility index (Phi) is 10.4. The van der Waals surface area contributed by atoms with Crippen LogP contribution >= 0.6 is 0 Å². The second kappa shape index (κ2) is 11.4. The molecule has 0 bridgehead atoms. The second-order valence-corrected chi connectivity index (χ2v) is 7.39. The third-order valence-electron chi connectivity index (χ3n) is 3.89. The summed E-state index contributed by atoms with van der Waals surface area (Å²) in [5, 5.41) is 11.4. The first kappa shape index (κ1) is 23.6. The van der Waals surface area contributed by atoms with Crippen LogP contribution in [0.1, 0.15) is 44.6 Å². The van der Waals surface area contributed by atoms with Gasteiger partial charge in [-0.15, -0.1) is 5.75 Å². The van der Waals surface area contributed by atoms with Crippen LogP contribution in [-0.4, -0.2) is 13.0 Å². The Morgan fingerprint density at radius 3 is 2.46 bits per heavy atom. The van der Waals surface area contributed by atoms with E-state index in [4.69, 9.17) is 4.74 Å². The Morgan fingerprint density at radius 1 is 1.04 bits per heavy atom. The fourth-order valence-electron chi connectivity index (χ4n) is 2.60. The summed E-state index contributed by atoms with van der Waals surface area (Å²) in [6, 6.07) is 10.7. The Hall–Kier alpha value is -0.414. The van der Waals surface area contributed by atoms with E-state index >= 15 is 0 Å². The Bertz CT molecular complexity index is 805. The molecule has 0 atom stereocenters. The monoisotopic (exact) mass is 402 g/mol. The molecule has 0 saturated carbocycles. The van der Waals surface area contributed by atoms with Gasteiger partial charge >= 0.3 is 51.4 Å². The SMILES string of the molecule is CCCCCCCc1cccc(Oc2ccc([O-])cc2S(=O)(=O)O)c1.[K+]. The van der Waals surface area contributed by atoms with E-state index < -0.39 is 20.8 Å². The van der Waals surface area contributed by atoms with Gasteiger partial charge in [0.05, 0.1) is 0 Å². The molecule has 0 aliphatic carbocycles. The maximum absolute atomic E-state index is 11.4. The number of hydrogen-bond donors (Lipinski definition) is 1. The van der Waals surface area contributed by atoms with Gasteiger partial charge in [-0.05, 0) is 42.7 Å². The molecule has 0 aromatic heterocycles. The molecule has 2 aromatic carbocycles. The summed E-state index contributed by atoms with van der Waals surface area (Å²) in [6.45, 7) is 2.18. The van der Waals surface area contributed by atoms with Gasteiger partial charge in [-0.3, -0.25) is 4.55 Å². The molecule has 2 aromatic rings. The van der Waals surface area contributed by atoms with E-state index in [1.807, 2.05) is 18.2 Å². The van der Waals surface area contributed by atoms with Crippen molar-refractivity contribution >= 4 is 10.1 Å². The first-order chi connectivity index (χ1) is 11.9. The van der Waals surface area contributed by atoms with Crippen LogP contribution in [0.25, 0.3) is 0 Å². The first-order valence-corrected chi connectivity index (χ1v) is 9.89. The predicted molar refractivity (Wildman–Crippen MR) is 94.7 cm³/mol. The summed E-state index contributed by atoms with van der Waals surface area (Å²) >= 11 is 0. The molecule has 136 valence electrons. The molecule has 5 nitrogen and oxygen atoms in total. The molecule has 0 aliphatic rings. The normalized spacial score (nSPS) is 11.0. The minimum atomic E-state index is -4.53. The molecule has 0 saturated heterocycles. The average Bonchev–Trinajstić information content (AvgIpc) is 2.56. The number of unbranched alkanes of at least 4 members (excludes halogenated alkanes) is 4. The largest absolute Gasteiger partial charge is 1.00 e. The van der Waals surface area contributed by atoms with E-state index in [1.54, 1.807) is 6.07 Å². The third kappa shape index (κ3) is 7.68. The molecule has 0 amide bonds. The van der Waals surface area contributed by atoms with E-state index in [9.17, 15) is 18.1 Å². The summed E-state index contributed by atoms with van der Waals surface area (Å²) in [6.07, 6.45) is 6.87. The number of benzene rings is 2. The van der Waals surface area contributed by atoms with Crippen LogP contribution in [0.3, 0.4) is 0 Å². The van der Waals surface area contributed by atoms with Gasteiger partial charge in [-0.1, -0.05) is 50.8 Å². The van der Waals surface area contributed by atoms with Crippen molar-refractivity contribution in [3.63, 3.8) is 0 Å². The summed E-state index contributed by atoms with van der Waals surface area (Å²) < 4.78 is 37.7. The van der Waals surface area contributed by atoms with Gasteiger partial charge in [0.1, 0.15) is 16.4 Å². The van der Waals surface area contributed by atoms with Crippen molar-refractivity contribution in [3.05, 3.63) is 48.0 Å². The van der Waals surface area contributed by atoms with Crippen molar-refractivity contribution in [2.75, 3.05) is 0 Å². The van der Waals surface area contributed by atoms with Crippen LogP contribution < -0.4 is 61.2 Å². The number of aryl methyl sites for hydroxylation is 1. The molecule has 26 heavy (non-hydrogen) atoms. The van der Waals surface area contributed by atoms with E-state index in [1.165, 1.54) is 37.8 Å². The minimum Gasteiger partial charge on any atom is -0.872 e. The first-order valence-electron chi connectivity index (χ1n) is 8.45. The van der Waals surface area contributed by atoms with Gasteiger partial charge in [0.15, 0.2) is 0 Å². The number of rotatable bonds is 9. The zero-order valence-electron chi connectivity index (χ0n) is 15.3. The van der Waals surface area contributed by atoms with E-state index in [-0.39, 0.29) is 57.1 Å². The van der Waals surface area contributed by atoms with Crippen LogP contribution in [0.4, 0.5) is 0 Å². The average molecular weight is 403 g/mol. The van der Waals surface area contributed by atoms with Crippen molar-refractivity contribution in [2.45, 2.75) is 50.3 Å². The fraction of sp³-hybridized carbons (Fsp3) is 0.368. The van der Waals surface area contributed by atoms with Gasteiger partial charge in [-0.2, -0.15) is 8.42 Å². The van der Waals surface area contributed by atoms with Gasteiger partial charge in [0.25, 0.3) is 10.1 Å². The van der Waals surface area contributed by atoms with Crippen molar-refractivity contribution in [1.29, 1.82) is 0 Å². The molecule has 0 radical (unpaired) electrons. The molecule has 0 unspecified atom stereocenters. The number of hydrogen-bond acceptors (Lipinski definition) is 4. The maximum Gasteiger partial charge on any atom is 1.00 e. The van der Waals surface area contributed by atoms with E-state index in [2.05, 4.69) is 6.92 Å². The van der Waals surface area contributed by atoms with Crippen LogP contribution in [0.15, 0.2) is 47.4 Å². The molecule has 2 rings (SSSR count). The standard InChI is InChI=1S/C19H24O5S.K/c1-2-3-4-5-6-8-15-9-7-10-17(13-15)24-18-12-11-16(20)14-19(18)25(21,22)23;/h7,9-14,20H,2-6,8H2,1H3,(H,21,22,23);/q;+1/p-1. The third-order valence-corrected chi connectivity index (χ3v) is 4.76. The molecular weight excluding hydrogens is 379 g/mol. The summed E-state index contributed by atoms with van der Waals surface area (Å²) in [7, 11) is -4.53. The zero-order valence-corrected chi connectivity index (χ0v) is 19.2. The van der Waals surface area contributed by atoms with Crippen LogP contribution in [0, 0.1) is 0 Å². The zero-order chi connectivity index (χ0) is 18.3. The maximum atomic E-state index is 11.4. The van der Waals surface area contributed by atoms with Gasteiger partial charge < -0.3 is 9.84 Å². The Balaban J connectivity index is 0.00000338. The molecule has 0 fully saturated rings. The predicted octanol–water partition coefficient (Wildman–Crippen LogP) is 1.32. The molecule has 0 aliphatic heterocycles. The van der Waals surface area contributed by atoms with Crippen molar-refractivity contribution in [1.82, 2.24) is 0 Å².